The van der Waals surface area contributed by atoms with Gasteiger partial charge in [-0.3, -0.25) is 0 Å². The molecular weight excluding hydrogens is 241 g/mol. The Hall–Kier alpha value is -1.42. The highest BCUT2D eigenvalue weighted by Gasteiger charge is 2.31. The zero-order valence-corrected chi connectivity index (χ0v) is 8.64. The molecule has 0 N–H and O–H groups in total. The number of alkyl halides is 3. The van der Waals surface area contributed by atoms with E-state index >= 15 is 0 Å². The minimum absolute atomic E-state index is 0.259. The van der Waals surface area contributed by atoms with Crippen molar-refractivity contribution in [2.75, 3.05) is 0 Å². The van der Waals surface area contributed by atoms with Crippen LogP contribution in [0.4, 0.5) is 13.2 Å². The molecule has 2 aromatic rings. The number of furan rings is 1. The Kier molecular flexibility index (Phi) is 2.68. The second kappa shape index (κ2) is 3.87. The Bertz CT molecular complexity index is 488. The number of rotatable bonds is 1. The number of benzene rings is 1. The van der Waals surface area contributed by atoms with E-state index in [2.05, 4.69) is 0 Å². The van der Waals surface area contributed by atoms with E-state index < -0.39 is 11.7 Å². The van der Waals surface area contributed by atoms with Crippen LogP contribution in [0.5, 0.6) is 0 Å². The van der Waals surface area contributed by atoms with Crippen LogP contribution in [0, 0.1) is 0 Å². The van der Waals surface area contributed by atoms with Gasteiger partial charge in [-0.1, -0.05) is 11.6 Å². The molecule has 0 saturated carbocycles. The maximum absolute atomic E-state index is 12.5. The Balaban J connectivity index is 2.54. The van der Waals surface area contributed by atoms with E-state index in [1.807, 2.05) is 0 Å². The molecule has 0 saturated heterocycles. The van der Waals surface area contributed by atoms with Crippen molar-refractivity contribution >= 4 is 11.6 Å². The minimum atomic E-state index is -4.37. The van der Waals surface area contributed by atoms with Gasteiger partial charge in [0.25, 0.3) is 0 Å². The summed E-state index contributed by atoms with van der Waals surface area (Å²) in [5.74, 6) is 0. The van der Waals surface area contributed by atoms with Crippen LogP contribution in [0.1, 0.15) is 5.56 Å². The van der Waals surface area contributed by atoms with Crippen molar-refractivity contribution in [2.45, 2.75) is 6.18 Å². The predicted molar refractivity (Wildman–Crippen MR) is 54.2 cm³/mol. The first-order valence-electron chi connectivity index (χ1n) is 4.38. The molecule has 0 fully saturated rings. The molecule has 1 aromatic heterocycles. The van der Waals surface area contributed by atoms with Crippen LogP contribution in [-0.4, -0.2) is 0 Å². The highest BCUT2D eigenvalue weighted by atomic mass is 35.5. The zero-order chi connectivity index (χ0) is 11.8. The average Bonchev–Trinajstić information content (AvgIpc) is 2.69. The fourth-order valence-corrected chi connectivity index (χ4v) is 1.57. The van der Waals surface area contributed by atoms with Crippen molar-refractivity contribution in [3.8, 4) is 11.1 Å². The molecular formula is C11H6ClF3O. The zero-order valence-electron chi connectivity index (χ0n) is 7.88. The van der Waals surface area contributed by atoms with E-state index in [9.17, 15) is 13.2 Å². The lowest BCUT2D eigenvalue weighted by molar-refractivity contribution is -0.137. The van der Waals surface area contributed by atoms with Gasteiger partial charge in [0.1, 0.15) is 0 Å². The molecule has 16 heavy (non-hydrogen) atoms. The minimum Gasteiger partial charge on any atom is -0.472 e. The molecule has 0 aliphatic rings. The van der Waals surface area contributed by atoms with Gasteiger partial charge in [0.15, 0.2) is 0 Å². The molecule has 0 atom stereocenters. The summed E-state index contributed by atoms with van der Waals surface area (Å²) >= 11 is 5.83. The van der Waals surface area contributed by atoms with Crippen molar-refractivity contribution in [1.29, 1.82) is 0 Å². The summed E-state index contributed by atoms with van der Waals surface area (Å²) in [7, 11) is 0. The Morgan fingerprint density at radius 2 is 1.88 bits per heavy atom. The lowest BCUT2D eigenvalue weighted by Gasteiger charge is -2.09. The van der Waals surface area contributed by atoms with E-state index in [0.29, 0.717) is 11.1 Å². The van der Waals surface area contributed by atoms with Gasteiger partial charge in [-0.05, 0) is 24.3 Å². The van der Waals surface area contributed by atoms with E-state index in [0.717, 1.165) is 12.1 Å². The first-order chi connectivity index (χ1) is 7.48. The molecule has 1 nitrogen and oxygen atoms in total. The summed E-state index contributed by atoms with van der Waals surface area (Å²) in [6.07, 6.45) is -1.64. The molecule has 0 aliphatic carbocycles. The topological polar surface area (TPSA) is 13.1 Å². The summed E-state index contributed by atoms with van der Waals surface area (Å²) in [6, 6.07) is 4.74. The molecule has 2 rings (SSSR count). The van der Waals surface area contributed by atoms with E-state index in [1.54, 1.807) is 6.07 Å². The molecule has 5 heteroatoms. The standard InChI is InChI=1S/C11H6ClF3O/c12-10-2-1-8(11(13,14)15)5-9(10)7-3-4-16-6-7/h1-6H. The summed E-state index contributed by atoms with van der Waals surface area (Å²) in [6.45, 7) is 0. The third kappa shape index (κ3) is 2.07. The predicted octanol–water partition coefficient (Wildman–Crippen LogP) is 4.62. The van der Waals surface area contributed by atoms with Crippen molar-refractivity contribution in [1.82, 2.24) is 0 Å². The molecule has 1 heterocycles. The van der Waals surface area contributed by atoms with Crippen molar-refractivity contribution in [3.63, 3.8) is 0 Å². The number of hydrogen-bond acceptors (Lipinski definition) is 1. The fraction of sp³-hybridized carbons (Fsp3) is 0.0909. The second-order valence-corrected chi connectivity index (χ2v) is 3.61. The maximum atomic E-state index is 12.5. The highest BCUT2D eigenvalue weighted by Crippen LogP contribution is 2.35. The van der Waals surface area contributed by atoms with Gasteiger partial charge in [-0.2, -0.15) is 13.2 Å². The fourth-order valence-electron chi connectivity index (χ4n) is 1.34. The van der Waals surface area contributed by atoms with Gasteiger partial charge >= 0.3 is 6.18 Å². The molecule has 0 aliphatic heterocycles. The van der Waals surface area contributed by atoms with E-state index in [-0.39, 0.29) is 5.02 Å². The summed E-state index contributed by atoms with van der Waals surface area (Å²) in [5.41, 5.74) is 0.106. The third-order valence-electron chi connectivity index (χ3n) is 2.13. The van der Waals surface area contributed by atoms with Gasteiger partial charge in [0, 0.05) is 16.1 Å². The maximum Gasteiger partial charge on any atom is 0.416 e. The molecule has 0 radical (unpaired) electrons. The van der Waals surface area contributed by atoms with Gasteiger partial charge in [-0.25, -0.2) is 0 Å². The molecule has 1 aromatic carbocycles. The van der Waals surface area contributed by atoms with Crippen LogP contribution in [0.15, 0.2) is 41.2 Å². The van der Waals surface area contributed by atoms with Crippen LogP contribution in [0.2, 0.25) is 5.02 Å². The second-order valence-electron chi connectivity index (χ2n) is 3.20. The Morgan fingerprint density at radius 1 is 1.12 bits per heavy atom. The summed E-state index contributed by atoms with van der Waals surface area (Å²) in [4.78, 5) is 0. The third-order valence-corrected chi connectivity index (χ3v) is 2.46. The van der Waals surface area contributed by atoms with Gasteiger partial charge in [0.2, 0.25) is 0 Å². The monoisotopic (exact) mass is 246 g/mol. The number of hydrogen-bond donors (Lipinski definition) is 0. The molecule has 0 unspecified atom stereocenters. The first kappa shape index (κ1) is 11.1. The van der Waals surface area contributed by atoms with Gasteiger partial charge in [-0.15, -0.1) is 0 Å². The summed E-state index contributed by atoms with van der Waals surface area (Å²) in [5, 5.41) is 0.259. The van der Waals surface area contributed by atoms with E-state index in [4.69, 9.17) is 16.0 Å². The van der Waals surface area contributed by atoms with Crippen LogP contribution < -0.4 is 0 Å². The largest absolute Gasteiger partial charge is 0.472 e. The van der Waals surface area contributed by atoms with Crippen molar-refractivity contribution in [3.05, 3.63) is 47.4 Å². The molecule has 0 bridgehead atoms. The van der Waals surface area contributed by atoms with Crippen molar-refractivity contribution in [2.24, 2.45) is 0 Å². The quantitative estimate of drug-likeness (QED) is 0.716. The average molecular weight is 247 g/mol. The lowest BCUT2D eigenvalue weighted by Crippen LogP contribution is -2.04. The summed E-state index contributed by atoms with van der Waals surface area (Å²) < 4.78 is 42.2. The van der Waals surface area contributed by atoms with E-state index in [1.165, 1.54) is 18.6 Å². The van der Waals surface area contributed by atoms with Crippen LogP contribution >= 0.6 is 11.6 Å². The normalized spacial score (nSPS) is 11.8. The molecule has 84 valence electrons. The highest BCUT2D eigenvalue weighted by molar-refractivity contribution is 6.33. The van der Waals surface area contributed by atoms with Gasteiger partial charge < -0.3 is 4.42 Å². The Morgan fingerprint density at radius 3 is 2.44 bits per heavy atom. The van der Waals surface area contributed by atoms with Crippen LogP contribution in [0.3, 0.4) is 0 Å². The van der Waals surface area contributed by atoms with Crippen LogP contribution in [-0.2, 0) is 6.18 Å². The Labute approximate surface area is 94.4 Å². The van der Waals surface area contributed by atoms with Crippen LogP contribution in [0.25, 0.3) is 11.1 Å². The molecule has 0 amide bonds. The van der Waals surface area contributed by atoms with Crippen molar-refractivity contribution < 1.29 is 17.6 Å². The smallest absolute Gasteiger partial charge is 0.416 e. The SMILES string of the molecule is FC(F)(F)c1ccc(Cl)c(-c2ccoc2)c1. The van der Waals surface area contributed by atoms with Gasteiger partial charge in [0.05, 0.1) is 18.1 Å². The molecule has 0 spiro atoms. The number of halogens is 4. The first-order valence-corrected chi connectivity index (χ1v) is 4.75. The lowest BCUT2D eigenvalue weighted by atomic mass is 10.1.